The van der Waals surface area contributed by atoms with Gasteiger partial charge in [-0.1, -0.05) is 11.6 Å². The van der Waals surface area contributed by atoms with Gasteiger partial charge in [-0.25, -0.2) is 8.42 Å². The Bertz CT molecular complexity index is 730. The Kier molecular flexibility index (Phi) is 4.71. The Labute approximate surface area is 127 Å². The van der Waals surface area contributed by atoms with Crippen LogP contribution in [0.15, 0.2) is 35.5 Å². The average Bonchev–Trinajstić information content (AvgIpc) is 2.86. The second-order valence-electron chi connectivity index (χ2n) is 4.27. The molecule has 1 heterocycles. The van der Waals surface area contributed by atoms with Gasteiger partial charge in [-0.15, -0.1) is 0 Å². The fourth-order valence-corrected chi connectivity index (χ4v) is 3.10. The Morgan fingerprint density at radius 2 is 2.24 bits per heavy atom. The molecule has 0 amide bonds. The van der Waals surface area contributed by atoms with Gasteiger partial charge in [-0.05, 0) is 18.2 Å². The molecule has 0 aliphatic heterocycles. The number of halogens is 1. The average molecular weight is 331 g/mol. The molecule has 0 aliphatic rings. The molecule has 0 aliphatic carbocycles. The second kappa shape index (κ2) is 6.33. The van der Waals surface area contributed by atoms with Crippen LogP contribution in [0.4, 0.5) is 11.4 Å². The van der Waals surface area contributed by atoms with Crippen molar-refractivity contribution in [1.29, 1.82) is 0 Å². The molecule has 0 saturated heterocycles. The molecular weight excluding hydrogens is 316 g/mol. The molecule has 2 rings (SSSR count). The van der Waals surface area contributed by atoms with Crippen molar-refractivity contribution >= 4 is 33.0 Å². The van der Waals surface area contributed by atoms with E-state index in [1.54, 1.807) is 18.0 Å². The van der Waals surface area contributed by atoms with E-state index >= 15 is 0 Å². The van der Waals surface area contributed by atoms with Crippen LogP contribution in [0.1, 0.15) is 0 Å². The molecule has 0 atom stereocenters. The summed E-state index contributed by atoms with van der Waals surface area (Å²) in [5.74, 6) is 0. The van der Waals surface area contributed by atoms with Gasteiger partial charge < -0.3 is 10.5 Å². The molecule has 7 nitrogen and oxygen atoms in total. The number of nitrogens with one attached hydrogen (secondary N) is 1. The number of hydrogen-bond acceptors (Lipinski definition) is 5. The highest BCUT2D eigenvalue weighted by Gasteiger charge is 2.18. The van der Waals surface area contributed by atoms with Gasteiger partial charge in [0.05, 0.1) is 30.7 Å². The van der Waals surface area contributed by atoms with Crippen molar-refractivity contribution in [2.24, 2.45) is 0 Å². The van der Waals surface area contributed by atoms with Gasteiger partial charge in [-0.2, -0.15) is 5.10 Å². The van der Waals surface area contributed by atoms with E-state index in [0.29, 0.717) is 23.9 Å². The van der Waals surface area contributed by atoms with Crippen molar-refractivity contribution in [2.75, 3.05) is 24.2 Å². The normalized spacial score (nSPS) is 11.5. The van der Waals surface area contributed by atoms with E-state index in [9.17, 15) is 8.42 Å². The smallest absolute Gasteiger partial charge is 0.264 e. The maximum absolute atomic E-state index is 12.3. The first-order chi connectivity index (χ1) is 9.92. The van der Waals surface area contributed by atoms with E-state index in [1.165, 1.54) is 24.4 Å². The first-order valence-electron chi connectivity index (χ1n) is 6.01. The molecule has 1 aromatic carbocycles. The fraction of sp³-hybridized carbons (Fsp3) is 0.250. The first-order valence-corrected chi connectivity index (χ1v) is 7.88. The number of aromatic nitrogens is 2. The molecule has 0 radical (unpaired) electrons. The van der Waals surface area contributed by atoms with Crippen LogP contribution in [0.5, 0.6) is 0 Å². The van der Waals surface area contributed by atoms with Crippen LogP contribution in [0.3, 0.4) is 0 Å². The van der Waals surface area contributed by atoms with Crippen molar-refractivity contribution in [3.63, 3.8) is 0 Å². The first kappa shape index (κ1) is 15.6. The van der Waals surface area contributed by atoms with Gasteiger partial charge in [0.15, 0.2) is 0 Å². The molecule has 9 heteroatoms. The third-order valence-corrected chi connectivity index (χ3v) is 4.35. The Hall–Kier alpha value is -1.77. The van der Waals surface area contributed by atoms with Crippen molar-refractivity contribution in [2.45, 2.75) is 11.4 Å². The van der Waals surface area contributed by atoms with Gasteiger partial charge in [0.2, 0.25) is 0 Å². The SMILES string of the molecule is COCCn1cc(NS(=O)(=O)c2cc(Cl)ccc2N)cn1. The molecule has 1 aromatic heterocycles. The number of sulfonamides is 1. The van der Waals surface area contributed by atoms with Gasteiger partial charge in [-0.3, -0.25) is 9.40 Å². The van der Waals surface area contributed by atoms with Crippen LogP contribution in [0.25, 0.3) is 0 Å². The number of nitrogens with two attached hydrogens (primary N) is 1. The van der Waals surface area contributed by atoms with Crippen LogP contribution in [0.2, 0.25) is 5.02 Å². The minimum absolute atomic E-state index is 0.0698. The molecule has 0 fully saturated rings. The Morgan fingerprint density at radius 1 is 1.48 bits per heavy atom. The Balaban J connectivity index is 2.21. The zero-order valence-electron chi connectivity index (χ0n) is 11.3. The van der Waals surface area contributed by atoms with Crippen LogP contribution in [0, 0.1) is 0 Å². The van der Waals surface area contributed by atoms with E-state index in [-0.39, 0.29) is 10.6 Å². The minimum atomic E-state index is -3.82. The highest BCUT2D eigenvalue weighted by atomic mass is 35.5. The number of anilines is 2. The van der Waals surface area contributed by atoms with Crippen LogP contribution in [-0.4, -0.2) is 31.9 Å². The summed E-state index contributed by atoms with van der Waals surface area (Å²) in [5, 5.41) is 4.32. The van der Waals surface area contributed by atoms with E-state index in [0.717, 1.165) is 0 Å². The van der Waals surface area contributed by atoms with Crippen molar-refractivity contribution in [3.8, 4) is 0 Å². The molecule has 114 valence electrons. The highest BCUT2D eigenvalue weighted by Crippen LogP contribution is 2.24. The van der Waals surface area contributed by atoms with Crippen molar-refractivity contribution in [3.05, 3.63) is 35.6 Å². The summed E-state index contributed by atoms with van der Waals surface area (Å²) in [5.41, 5.74) is 6.15. The monoisotopic (exact) mass is 330 g/mol. The number of rotatable bonds is 6. The zero-order chi connectivity index (χ0) is 15.5. The van der Waals surface area contributed by atoms with E-state index < -0.39 is 10.0 Å². The minimum Gasteiger partial charge on any atom is -0.398 e. The lowest BCUT2D eigenvalue weighted by Gasteiger charge is -2.08. The molecule has 0 saturated carbocycles. The number of nitrogens with zero attached hydrogens (tertiary/aromatic N) is 2. The quantitative estimate of drug-likeness (QED) is 0.783. The summed E-state index contributed by atoms with van der Waals surface area (Å²) in [7, 11) is -2.24. The maximum atomic E-state index is 12.3. The number of hydrogen-bond donors (Lipinski definition) is 2. The largest absolute Gasteiger partial charge is 0.398 e. The standard InChI is InChI=1S/C12H15ClN4O3S/c1-20-5-4-17-8-10(7-15-17)16-21(18,19)12-6-9(13)2-3-11(12)14/h2-3,6-8,16H,4-5,14H2,1H3. The summed E-state index contributed by atoms with van der Waals surface area (Å²) in [6.07, 6.45) is 2.98. The predicted molar refractivity (Wildman–Crippen MR) is 80.8 cm³/mol. The zero-order valence-corrected chi connectivity index (χ0v) is 12.9. The summed E-state index contributed by atoms with van der Waals surface area (Å²) < 4.78 is 33.5. The summed E-state index contributed by atoms with van der Waals surface area (Å²) in [4.78, 5) is -0.0698. The fourth-order valence-electron chi connectivity index (χ4n) is 1.67. The van der Waals surface area contributed by atoms with Crippen molar-refractivity contribution in [1.82, 2.24) is 9.78 Å². The topological polar surface area (TPSA) is 99.2 Å². The van der Waals surface area contributed by atoms with Crippen LogP contribution < -0.4 is 10.5 Å². The van der Waals surface area contributed by atoms with E-state index in [2.05, 4.69) is 9.82 Å². The van der Waals surface area contributed by atoms with Crippen LogP contribution in [-0.2, 0) is 21.3 Å². The van der Waals surface area contributed by atoms with Gasteiger partial charge in [0.25, 0.3) is 10.0 Å². The summed E-state index contributed by atoms with van der Waals surface area (Å²) >= 11 is 5.81. The van der Waals surface area contributed by atoms with Gasteiger partial charge in [0, 0.05) is 18.3 Å². The number of benzene rings is 1. The maximum Gasteiger partial charge on any atom is 0.264 e. The van der Waals surface area contributed by atoms with E-state index in [4.69, 9.17) is 22.1 Å². The van der Waals surface area contributed by atoms with Crippen molar-refractivity contribution < 1.29 is 13.2 Å². The van der Waals surface area contributed by atoms with E-state index in [1.807, 2.05) is 0 Å². The third-order valence-electron chi connectivity index (χ3n) is 2.68. The molecule has 0 bridgehead atoms. The lowest BCUT2D eigenvalue weighted by molar-refractivity contribution is 0.183. The van der Waals surface area contributed by atoms with Crippen LogP contribution >= 0.6 is 11.6 Å². The molecule has 3 N–H and O–H groups in total. The highest BCUT2D eigenvalue weighted by molar-refractivity contribution is 7.92. The number of nitrogen functional groups attached to an aromatic ring is 1. The molecule has 21 heavy (non-hydrogen) atoms. The summed E-state index contributed by atoms with van der Waals surface area (Å²) in [6, 6.07) is 4.27. The molecule has 0 spiro atoms. The third kappa shape index (κ3) is 3.87. The number of methoxy groups -OCH3 is 1. The van der Waals surface area contributed by atoms with Gasteiger partial charge in [0.1, 0.15) is 4.90 Å². The second-order valence-corrected chi connectivity index (χ2v) is 6.36. The predicted octanol–water partition coefficient (Wildman–Crippen LogP) is 1.57. The lowest BCUT2D eigenvalue weighted by atomic mass is 10.3. The number of ether oxygens (including phenoxy) is 1. The molecular formula is C12H15ClN4O3S. The molecule has 0 unspecified atom stereocenters. The molecule has 2 aromatic rings. The summed E-state index contributed by atoms with van der Waals surface area (Å²) in [6.45, 7) is 1.01. The Morgan fingerprint density at radius 3 is 2.95 bits per heavy atom. The lowest BCUT2D eigenvalue weighted by Crippen LogP contribution is -2.14. The van der Waals surface area contributed by atoms with Gasteiger partial charge >= 0.3 is 0 Å².